The van der Waals surface area contributed by atoms with Crippen molar-refractivity contribution in [2.45, 2.75) is 31.8 Å². The number of likely N-dealkylation sites (tertiary alicyclic amines) is 1. The van der Waals surface area contributed by atoms with Crippen LogP contribution in [0.1, 0.15) is 25.0 Å². The Morgan fingerprint density at radius 3 is 3.06 bits per heavy atom. The van der Waals surface area contributed by atoms with Crippen LogP contribution in [0.3, 0.4) is 0 Å². The number of fused-ring (bicyclic) bond motifs is 1. The number of carboxylic acid groups (broad SMARTS) is 1. The Balaban J connectivity index is 1.79. The van der Waals surface area contributed by atoms with Crippen molar-refractivity contribution in [1.29, 1.82) is 0 Å². The smallest absolute Gasteiger partial charge is 0.321 e. The van der Waals surface area contributed by atoms with Crippen LogP contribution in [0, 0.1) is 11.8 Å². The topological polar surface area (TPSA) is 58.4 Å². The van der Waals surface area contributed by atoms with Crippen LogP contribution in [-0.2, 0) is 18.4 Å². The quantitative estimate of drug-likeness (QED) is 0.871. The van der Waals surface area contributed by atoms with Crippen LogP contribution >= 0.6 is 0 Å². The fourth-order valence-corrected chi connectivity index (χ4v) is 3.66. The van der Waals surface area contributed by atoms with Gasteiger partial charge in [0, 0.05) is 26.3 Å². The molecule has 1 saturated carbocycles. The SMILES string of the molecule is Cn1nccc1CN1CC2CCCC2C1C(=O)O. The molecular weight excluding hydrogens is 230 g/mol. The second-order valence-corrected chi connectivity index (χ2v) is 5.51. The molecule has 0 spiro atoms. The summed E-state index contributed by atoms with van der Waals surface area (Å²) >= 11 is 0. The van der Waals surface area contributed by atoms with E-state index in [0.29, 0.717) is 18.4 Å². The van der Waals surface area contributed by atoms with Crippen molar-refractivity contribution in [2.24, 2.45) is 18.9 Å². The lowest BCUT2D eigenvalue weighted by atomic mass is 9.94. The van der Waals surface area contributed by atoms with Gasteiger partial charge in [-0.3, -0.25) is 14.4 Å². The normalized spacial score (nSPS) is 31.7. The van der Waals surface area contributed by atoms with Gasteiger partial charge in [-0.2, -0.15) is 5.10 Å². The van der Waals surface area contributed by atoms with E-state index in [0.717, 1.165) is 18.7 Å². The van der Waals surface area contributed by atoms with Gasteiger partial charge in [0.15, 0.2) is 0 Å². The minimum atomic E-state index is -0.661. The molecule has 5 nitrogen and oxygen atoms in total. The molecule has 5 heteroatoms. The molecule has 1 N–H and O–H groups in total. The van der Waals surface area contributed by atoms with Crippen LogP contribution in [0.25, 0.3) is 0 Å². The molecular formula is C13H19N3O2. The molecule has 2 fully saturated rings. The summed E-state index contributed by atoms with van der Waals surface area (Å²) in [6.07, 6.45) is 5.22. The summed E-state index contributed by atoms with van der Waals surface area (Å²) < 4.78 is 1.83. The Kier molecular flexibility index (Phi) is 2.86. The van der Waals surface area contributed by atoms with Crippen LogP contribution in [0.5, 0.6) is 0 Å². The molecule has 1 aliphatic heterocycles. The van der Waals surface area contributed by atoms with E-state index in [9.17, 15) is 9.90 Å². The van der Waals surface area contributed by atoms with Crippen molar-refractivity contribution >= 4 is 5.97 Å². The maximum absolute atomic E-state index is 11.5. The molecule has 1 aromatic rings. The van der Waals surface area contributed by atoms with E-state index in [2.05, 4.69) is 10.00 Å². The van der Waals surface area contributed by atoms with Crippen molar-refractivity contribution in [3.05, 3.63) is 18.0 Å². The zero-order valence-electron chi connectivity index (χ0n) is 10.6. The first-order valence-corrected chi connectivity index (χ1v) is 6.60. The zero-order chi connectivity index (χ0) is 12.7. The maximum Gasteiger partial charge on any atom is 0.321 e. The Morgan fingerprint density at radius 2 is 2.39 bits per heavy atom. The number of aromatic nitrogens is 2. The van der Waals surface area contributed by atoms with Crippen LogP contribution in [-0.4, -0.2) is 38.3 Å². The van der Waals surface area contributed by atoms with E-state index < -0.39 is 5.97 Å². The van der Waals surface area contributed by atoms with Gasteiger partial charge in [-0.1, -0.05) is 6.42 Å². The van der Waals surface area contributed by atoms with Gasteiger partial charge < -0.3 is 5.11 Å². The third-order valence-electron chi connectivity index (χ3n) is 4.53. The first-order chi connectivity index (χ1) is 8.66. The standard InChI is InChI=1S/C13H19N3O2/c1-15-10(5-6-14-15)8-16-7-9-3-2-4-11(9)12(16)13(17)18/h5-6,9,11-12H,2-4,7-8H2,1H3,(H,17,18). The first kappa shape index (κ1) is 11.7. The Hall–Kier alpha value is -1.36. The summed E-state index contributed by atoms with van der Waals surface area (Å²) in [6, 6.07) is 1.67. The number of aliphatic carboxylic acids is 1. The van der Waals surface area contributed by atoms with Crippen molar-refractivity contribution in [3.8, 4) is 0 Å². The first-order valence-electron chi connectivity index (χ1n) is 6.60. The molecule has 18 heavy (non-hydrogen) atoms. The average Bonchev–Trinajstić information content (AvgIpc) is 2.95. The third-order valence-corrected chi connectivity index (χ3v) is 4.53. The minimum Gasteiger partial charge on any atom is -0.480 e. The summed E-state index contributed by atoms with van der Waals surface area (Å²) in [5.74, 6) is 0.279. The molecule has 3 rings (SSSR count). The predicted octanol–water partition coefficient (Wildman–Crippen LogP) is 1.11. The molecule has 1 aromatic heterocycles. The van der Waals surface area contributed by atoms with E-state index in [1.54, 1.807) is 6.20 Å². The molecule has 0 amide bonds. The molecule has 0 bridgehead atoms. The maximum atomic E-state index is 11.5. The van der Waals surface area contributed by atoms with Gasteiger partial charge in [-0.05, 0) is 30.7 Å². The number of hydrogen-bond donors (Lipinski definition) is 1. The molecule has 1 saturated heterocycles. The van der Waals surface area contributed by atoms with Crippen LogP contribution in [0.15, 0.2) is 12.3 Å². The van der Waals surface area contributed by atoms with E-state index in [4.69, 9.17) is 0 Å². The highest BCUT2D eigenvalue weighted by molar-refractivity contribution is 5.74. The fourth-order valence-electron chi connectivity index (χ4n) is 3.66. The van der Waals surface area contributed by atoms with Gasteiger partial charge in [0.1, 0.15) is 6.04 Å². The summed E-state index contributed by atoms with van der Waals surface area (Å²) in [5.41, 5.74) is 1.08. The van der Waals surface area contributed by atoms with E-state index in [-0.39, 0.29) is 6.04 Å². The monoisotopic (exact) mass is 249 g/mol. The van der Waals surface area contributed by atoms with Crippen LogP contribution in [0.2, 0.25) is 0 Å². The third kappa shape index (κ3) is 1.82. The highest BCUT2D eigenvalue weighted by Crippen LogP contribution is 2.42. The number of carboxylic acids is 1. The second kappa shape index (κ2) is 4.39. The van der Waals surface area contributed by atoms with Crippen LogP contribution < -0.4 is 0 Å². The fraction of sp³-hybridized carbons (Fsp3) is 0.692. The number of aryl methyl sites for hydroxylation is 1. The van der Waals surface area contributed by atoms with Crippen molar-refractivity contribution in [2.75, 3.05) is 6.54 Å². The number of nitrogens with zero attached hydrogens (tertiary/aromatic N) is 3. The Labute approximate surface area is 106 Å². The van der Waals surface area contributed by atoms with Crippen molar-refractivity contribution in [3.63, 3.8) is 0 Å². The summed E-state index contributed by atoms with van der Waals surface area (Å²) in [5, 5.41) is 13.6. The lowest BCUT2D eigenvalue weighted by Crippen LogP contribution is -2.39. The van der Waals surface area contributed by atoms with Gasteiger partial charge in [0.2, 0.25) is 0 Å². The molecule has 1 aliphatic carbocycles. The molecule has 0 aromatic carbocycles. The summed E-state index contributed by atoms with van der Waals surface area (Å²) in [4.78, 5) is 13.6. The molecule has 98 valence electrons. The van der Waals surface area contributed by atoms with Gasteiger partial charge in [-0.15, -0.1) is 0 Å². The number of hydrogen-bond acceptors (Lipinski definition) is 3. The highest BCUT2D eigenvalue weighted by atomic mass is 16.4. The molecule has 2 aliphatic rings. The molecule has 2 heterocycles. The number of rotatable bonds is 3. The van der Waals surface area contributed by atoms with E-state index in [1.807, 2.05) is 17.8 Å². The van der Waals surface area contributed by atoms with E-state index in [1.165, 1.54) is 12.8 Å². The highest BCUT2D eigenvalue weighted by Gasteiger charge is 2.47. The molecule has 3 atom stereocenters. The lowest BCUT2D eigenvalue weighted by molar-refractivity contribution is -0.143. The Bertz CT molecular complexity index is 457. The van der Waals surface area contributed by atoms with Gasteiger partial charge in [0.05, 0.1) is 5.69 Å². The van der Waals surface area contributed by atoms with Gasteiger partial charge in [0.25, 0.3) is 0 Å². The minimum absolute atomic E-state index is 0.299. The summed E-state index contributed by atoms with van der Waals surface area (Å²) in [6.45, 7) is 1.62. The van der Waals surface area contributed by atoms with Crippen molar-refractivity contribution < 1.29 is 9.90 Å². The zero-order valence-corrected chi connectivity index (χ0v) is 10.6. The second-order valence-electron chi connectivity index (χ2n) is 5.51. The molecule has 3 unspecified atom stereocenters. The van der Waals surface area contributed by atoms with Crippen molar-refractivity contribution in [1.82, 2.24) is 14.7 Å². The lowest BCUT2D eigenvalue weighted by Gasteiger charge is -2.23. The predicted molar refractivity (Wildman–Crippen MR) is 65.9 cm³/mol. The van der Waals surface area contributed by atoms with Gasteiger partial charge >= 0.3 is 5.97 Å². The van der Waals surface area contributed by atoms with Gasteiger partial charge in [-0.25, -0.2) is 0 Å². The van der Waals surface area contributed by atoms with Crippen LogP contribution in [0.4, 0.5) is 0 Å². The Morgan fingerprint density at radius 1 is 1.56 bits per heavy atom. The molecule has 0 radical (unpaired) electrons. The largest absolute Gasteiger partial charge is 0.480 e. The average molecular weight is 249 g/mol. The summed E-state index contributed by atoms with van der Waals surface area (Å²) in [7, 11) is 1.90. The number of carbonyl (C=O) groups is 1. The van der Waals surface area contributed by atoms with E-state index >= 15 is 0 Å².